The van der Waals surface area contributed by atoms with Crippen molar-refractivity contribution in [1.82, 2.24) is 0 Å². The topological polar surface area (TPSA) is 94.8 Å². The molecule has 0 saturated heterocycles. The van der Waals surface area contributed by atoms with Gasteiger partial charge in [0, 0.05) is 5.46 Å². The number of benzene rings is 1. The minimum Gasteiger partial charge on any atom is -0.423 e. The van der Waals surface area contributed by atoms with Crippen LogP contribution in [0.2, 0.25) is 0 Å². The molecule has 1 aromatic rings. The van der Waals surface area contributed by atoms with Gasteiger partial charge in [-0.1, -0.05) is 18.2 Å². The van der Waals surface area contributed by atoms with Crippen LogP contribution in [0.3, 0.4) is 0 Å². The smallest absolute Gasteiger partial charge is 0.423 e. The second-order valence-corrected chi connectivity index (χ2v) is 3.78. The lowest BCUT2D eigenvalue weighted by atomic mass is 9.80. The Balaban J connectivity index is 3.37. The molecule has 0 atom stereocenters. The molecule has 13 heavy (non-hydrogen) atoms. The van der Waals surface area contributed by atoms with Crippen LogP contribution in [0.15, 0.2) is 29.2 Å². The first-order chi connectivity index (χ1) is 5.93. The average molecular weight is 202 g/mol. The van der Waals surface area contributed by atoms with E-state index in [1.165, 1.54) is 18.2 Å². The predicted molar refractivity (Wildman–Crippen MR) is 46.1 cm³/mol. The van der Waals surface area contributed by atoms with Crippen molar-refractivity contribution in [2.24, 2.45) is 0 Å². The Labute approximate surface area is 75.5 Å². The second kappa shape index (κ2) is 3.47. The molecule has 0 radical (unpaired) electrons. The average Bonchev–Trinajstić information content (AvgIpc) is 2.03. The first kappa shape index (κ1) is 10.2. The van der Waals surface area contributed by atoms with Crippen LogP contribution in [0.1, 0.15) is 0 Å². The molecular formula is C6H7BO5S. The molecule has 0 bridgehead atoms. The maximum atomic E-state index is 10.7. The molecule has 3 N–H and O–H groups in total. The quantitative estimate of drug-likeness (QED) is 0.405. The molecule has 0 spiro atoms. The third-order valence-electron chi connectivity index (χ3n) is 1.48. The largest absolute Gasteiger partial charge is 0.489 e. The fourth-order valence-electron chi connectivity index (χ4n) is 0.929. The summed E-state index contributed by atoms with van der Waals surface area (Å²) in [7, 11) is -6.32. The summed E-state index contributed by atoms with van der Waals surface area (Å²) in [6.45, 7) is 0. The van der Waals surface area contributed by atoms with Crippen LogP contribution < -0.4 is 5.46 Å². The first-order valence-corrected chi connectivity index (χ1v) is 4.79. The summed E-state index contributed by atoms with van der Waals surface area (Å²) in [4.78, 5) is -0.495. The third-order valence-corrected chi connectivity index (χ3v) is 2.40. The van der Waals surface area contributed by atoms with Gasteiger partial charge in [-0.15, -0.1) is 0 Å². The van der Waals surface area contributed by atoms with E-state index in [0.717, 1.165) is 6.07 Å². The van der Waals surface area contributed by atoms with E-state index in [0.29, 0.717) is 0 Å². The van der Waals surface area contributed by atoms with Gasteiger partial charge in [-0.05, 0) is 6.07 Å². The molecule has 0 aliphatic carbocycles. The highest BCUT2D eigenvalue weighted by molar-refractivity contribution is 7.86. The minimum atomic E-state index is -4.40. The molecule has 0 unspecified atom stereocenters. The molecule has 0 saturated carbocycles. The molecule has 1 rings (SSSR count). The molecule has 1 aromatic carbocycles. The zero-order valence-corrected chi connectivity index (χ0v) is 7.27. The Kier molecular flexibility index (Phi) is 2.72. The standard InChI is InChI=1S/C6H7BO5S/c8-7(9)5-3-1-2-4-6(5)13(10,11)12/h1-4,8-9H,(H,10,11,12). The Morgan fingerprint density at radius 3 is 2.08 bits per heavy atom. The molecule has 5 nitrogen and oxygen atoms in total. The van der Waals surface area contributed by atoms with Gasteiger partial charge in [-0.3, -0.25) is 4.55 Å². The molecule has 0 aliphatic heterocycles. The van der Waals surface area contributed by atoms with Crippen LogP contribution in [0.25, 0.3) is 0 Å². The summed E-state index contributed by atoms with van der Waals surface area (Å²) in [5, 5.41) is 17.5. The zero-order chi connectivity index (χ0) is 10.1. The van der Waals surface area contributed by atoms with Gasteiger partial charge in [-0.2, -0.15) is 8.42 Å². The lowest BCUT2D eigenvalue weighted by Gasteiger charge is -2.04. The van der Waals surface area contributed by atoms with Crippen LogP contribution in [0.4, 0.5) is 0 Å². The van der Waals surface area contributed by atoms with Gasteiger partial charge in [0.25, 0.3) is 10.1 Å². The normalized spacial score (nSPS) is 11.3. The van der Waals surface area contributed by atoms with Gasteiger partial charge in [-0.25, -0.2) is 0 Å². The van der Waals surface area contributed by atoms with Crippen molar-refractivity contribution in [2.75, 3.05) is 0 Å². The summed E-state index contributed by atoms with van der Waals surface area (Å²) in [6, 6.07) is 5.09. The van der Waals surface area contributed by atoms with Crippen LogP contribution in [-0.4, -0.2) is 30.1 Å². The lowest BCUT2D eigenvalue weighted by molar-refractivity contribution is 0.423. The van der Waals surface area contributed by atoms with E-state index in [1.54, 1.807) is 0 Å². The van der Waals surface area contributed by atoms with E-state index in [9.17, 15) is 8.42 Å². The SMILES string of the molecule is O=S(=O)(O)c1ccccc1B(O)O. The van der Waals surface area contributed by atoms with Gasteiger partial charge >= 0.3 is 7.12 Å². The summed E-state index contributed by atoms with van der Waals surface area (Å²) in [5.74, 6) is 0. The van der Waals surface area contributed by atoms with Crippen LogP contribution in [0.5, 0.6) is 0 Å². The lowest BCUT2D eigenvalue weighted by Crippen LogP contribution is -2.34. The summed E-state index contributed by atoms with van der Waals surface area (Å²) >= 11 is 0. The van der Waals surface area contributed by atoms with E-state index in [4.69, 9.17) is 14.6 Å². The van der Waals surface area contributed by atoms with E-state index in [2.05, 4.69) is 0 Å². The van der Waals surface area contributed by atoms with Crippen LogP contribution in [-0.2, 0) is 10.1 Å². The third kappa shape index (κ3) is 2.28. The van der Waals surface area contributed by atoms with E-state index < -0.39 is 22.1 Å². The van der Waals surface area contributed by atoms with Crippen molar-refractivity contribution in [3.63, 3.8) is 0 Å². The van der Waals surface area contributed by atoms with Gasteiger partial charge < -0.3 is 10.0 Å². The Morgan fingerprint density at radius 1 is 1.15 bits per heavy atom. The highest BCUT2D eigenvalue weighted by Crippen LogP contribution is 2.04. The van der Waals surface area contributed by atoms with Crippen molar-refractivity contribution >= 4 is 22.7 Å². The summed E-state index contributed by atoms with van der Waals surface area (Å²) < 4.78 is 30.1. The molecule has 0 aliphatic rings. The predicted octanol–water partition coefficient (Wildman–Crippen LogP) is -1.39. The van der Waals surface area contributed by atoms with Crippen molar-refractivity contribution in [3.8, 4) is 0 Å². The second-order valence-electron chi connectivity index (χ2n) is 2.39. The number of rotatable bonds is 2. The molecule has 0 aromatic heterocycles. The highest BCUT2D eigenvalue weighted by Gasteiger charge is 2.22. The van der Waals surface area contributed by atoms with Gasteiger partial charge in [0.1, 0.15) is 0 Å². The number of hydrogen-bond donors (Lipinski definition) is 3. The molecule has 0 heterocycles. The highest BCUT2D eigenvalue weighted by atomic mass is 32.2. The van der Waals surface area contributed by atoms with E-state index >= 15 is 0 Å². The number of hydrogen-bond acceptors (Lipinski definition) is 4. The van der Waals surface area contributed by atoms with Crippen molar-refractivity contribution in [1.29, 1.82) is 0 Å². The molecular weight excluding hydrogens is 195 g/mol. The van der Waals surface area contributed by atoms with Crippen molar-refractivity contribution in [2.45, 2.75) is 4.90 Å². The van der Waals surface area contributed by atoms with Crippen molar-refractivity contribution in [3.05, 3.63) is 24.3 Å². The fraction of sp³-hybridized carbons (Fsp3) is 0. The Hall–Kier alpha value is -0.885. The van der Waals surface area contributed by atoms with Crippen LogP contribution >= 0.6 is 0 Å². The Bertz CT molecular complexity index is 399. The maximum Gasteiger partial charge on any atom is 0.489 e. The summed E-state index contributed by atoms with van der Waals surface area (Å²) in [6.07, 6.45) is 0. The van der Waals surface area contributed by atoms with Gasteiger partial charge in [0.15, 0.2) is 0 Å². The monoisotopic (exact) mass is 202 g/mol. The minimum absolute atomic E-state index is 0.245. The molecule has 0 fully saturated rings. The zero-order valence-electron chi connectivity index (χ0n) is 6.45. The van der Waals surface area contributed by atoms with E-state index in [1.807, 2.05) is 0 Å². The fourth-order valence-corrected chi connectivity index (χ4v) is 1.65. The molecule has 7 heteroatoms. The van der Waals surface area contributed by atoms with Gasteiger partial charge in [0.2, 0.25) is 0 Å². The maximum absolute atomic E-state index is 10.7. The van der Waals surface area contributed by atoms with Crippen molar-refractivity contribution < 1.29 is 23.0 Å². The van der Waals surface area contributed by atoms with Gasteiger partial charge in [0.05, 0.1) is 4.90 Å². The van der Waals surface area contributed by atoms with Crippen LogP contribution in [0, 0.1) is 0 Å². The Morgan fingerprint density at radius 2 is 1.69 bits per heavy atom. The molecule has 0 amide bonds. The first-order valence-electron chi connectivity index (χ1n) is 3.35. The summed E-state index contributed by atoms with van der Waals surface area (Å²) in [5.41, 5.74) is -0.245. The molecule has 70 valence electrons. The van der Waals surface area contributed by atoms with E-state index in [-0.39, 0.29) is 5.46 Å².